The van der Waals surface area contributed by atoms with E-state index in [2.05, 4.69) is 5.32 Å². The fourth-order valence-electron chi connectivity index (χ4n) is 5.15. The third-order valence-corrected chi connectivity index (χ3v) is 7.11. The number of carbonyl (C=O) groups excluding carboxylic acids is 3. The van der Waals surface area contributed by atoms with Crippen molar-refractivity contribution in [3.63, 3.8) is 0 Å². The lowest BCUT2D eigenvalue weighted by Gasteiger charge is -2.31. The van der Waals surface area contributed by atoms with Crippen molar-refractivity contribution in [2.24, 2.45) is 0 Å². The first kappa shape index (κ1) is 23.0. The minimum absolute atomic E-state index is 0.0655. The average molecular weight is 474 g/mol. The van der Waals surface area contributed by atoms with E-state index in [4.69, 9.17) is 0 Å². The van der Waals surface area contributed by atoms with E-state index in [0.717, 1.165) is 36.5 Å². The number of carbonyl (C=O) groups is 3. The van der Waals surface area contributed by atoms with E-state index < -0.39 is 17.8 Å². The summed E-state index contributed by atoms with van der Waals surface area (Å²) in [7, 11) is 0. The molecule has 1 fully saturated rings. The normalized spacial score (nSPS) is 16.1. The summed E-state index contributed by atoms with van der Waals surface area (Å²) in [5.41, 5.74) is 1.54. The number of hydrogen-bond acceptors (Lipinski definition) is 3. The summed E-state index contributed by atoms with van der Waals surface area (Å²) in [6.45, 7) is 1.36. The lowest BCUT2D eigenvalue weighted by Crippen LogP contribution is -2.52. The first-order valence-corrected chi connectivity index (χ1v) is 12.1. The Morgan fingerprint density at radius 2 is 1.77 bits per heavy atom. The van der Waals surface area contributed by atoms with E-state index in [-0.39, 0.29) is 30.9 Å². The molecule has 0 radical (unpaired) electrons. The number of halogens is 1. The van der Waals surface area contributed by atoms with Crippen LogP contribution in [0, 0.1) is 5.82 Å². The molecule has 5 rings (SSSR count). The third kappa shape index (κ3) is 4.38. The van der Waals surface area contributed by atoms with Gasteiger partial charge in [0.25, 0.3) is 5.91 Å². The van der Waals surface area contributed by atoms with Gasteiger partial charge in [-0.05, 0) is 43.4 Å². The molecule has 0 saturated heterocycles. The van der Waals surface area contributed by atoms with E-state index >= 15 is 0 Å². The number of benzene rings is 3. The Kier molecular flexibility index (Phi) is 6.24. The van der Waals surface area contributed by atoms with Gasteiger partial charge in [-0.1, -0.05) is 55.3 Å². The molecule has 1 saturated carbocycles. The molecule has 35 heavy (non-hydrogen) atoms. The van der Waals surface area contributed by atoms with Crippen LogP contribution >= 0.6 is 0 Å². The van der Waals surface area contributed by atoms with Gasteiger partial charge in [-0.15, -0.1) is 0 Å². The predicted molar refractivity (Wildman–Crippen MR) is 132 cm³/mol. The molecule has 0 spiro atoms. The molecule has 1 atom stereocenters. The Labute approximate surface area is 203 Å². The molecular weight excluding hydrogens is 445 g/mol. The second kappa shape index (κ2) is 9.49. The van der Waals surface area contributed by atoms with E-state index in [1.54, 1.807) is 31.2 Å². The predicted octanol–water partition coefficient (Wildman–Crippen LogP) is 4.42. The molecule has 0 bridgehead atoms. The smallest absolute Gasteiger partial charge is 0.259 e. The molecule has 0 unspecified atom stereocenters. The fourth-order valence-corrected chi connectivity index (χ4v) is 5.15. The van der Waals surface area contributed by atoms with Crippen molar-refractivity contribution >= 4 is 34.2 Å². The first-order chi connectivity index (χ1) is 16.9. The minimum Gasteiger partial charge on any atom is -0.352 e. The lowest BCUT2D eigenvalue weighted by atomic mass is 10.1. The molecule has 6 nitrogen and oxygen atoms in total. The van der Waals surface area contributed by atoms with Crippen molar-refractivity contribution in [1.29, 1.82) is 0 Å². The highest BCUT2D eigenvalue weighted by Crippen LogP contribution is 2.37. The topological polar surface area (TPSA) is 69.7 Å². The second-order valence-electron chi connectivity index (χ2n) is 9.35. The molecule has 7 heteroatoms. The van der Waals surface area contributed by atoms with Gasteiger partial charge >= 0.3 is 0 Å². The number of anilines is 1. The number of hydrogen-bond donors (Lipinski definition) is 1. The highest BCUT2D eigenvalue weighted by atomic mass is 19.1. The molecule has 3 aromatic rings. The van der Waals surface area contributed by atoms with Gasteiger partial charge in [0.2, 0.25) is 11.8 Å². The standard InChI is InChI=1S/C28H28FN3O3/c1-18(27(34)30-21-11-3-4-12-21)31(16-20-8-2-5-14-23(20)29)25(33)17-32-24-15-7-10-19-9-6-13-22(26(19)24)28(32)35/h2,5-10,13-15,18,21H,3-4,11-12,16-17H2,1H3,(H,30,34)/t18-/m1/s1. The van der Waals surface area contributed by atoms with Crippen molar-refractivity contribution < 1.29 is 18.8 Å². The van der Waals surface area contributed by atoms with Gasteiger partial charge in [-0.2, -0.15) is 0 Å². The summed E-state index contributed by atoms with van der Waals surface area (Å²) in [4.78, 5) is 42.7. The van der Waals surface area contributed by atoms with Crippen LogP contribution in [-0.2, 0) is 16.1 Å². The van der Waals surface area contributed by atoms with Crippen LogP contribution in [0.5, 0.6) is 0 Å². The number of amides is 3. The van der Waals surface area contributed by atoms with Gasteiger partial charge in [0.15, 0.2) is 0 Å². The summed E-state index contributed by atoms with van der Waals surface area (Å²) in [5.74, 6) is -1.37. The summed E-state index contributed by atoms with van der Waals surface area (Å²) >= 11 is 0. The van der Waals surface area contributed by atoms with Crippen molar-refractivity contribution in [3.05, 3.63) is 77.6 Å². The molecule has 1 aliphatic heterocycles. The summed E-state index contributed by atoms with van der Waals surface area (Å²) < 4.78 is 14.5. The van der Waals surface area contributed by atoms with Crippen LogP contribution in [0.25, 0.3) is 10.8 Å². The summed E-state index contributed by atoms with van der Waals surface area (Å²) in [5, 5.41) is 4.79. The zero-order chi connectivity index (χ0) is 24.5. The molecule has 3 aromatic carbocycles. The van der Waals surface area contributed by atoms with Crippen molar-refractivity contribution in [3.8, 4) is 0 Å². The minimum atomic E-state index is -0.821. The third-order valence-electron chi connectivity index (χ3n) is 7.11. The summed E-state index contributed by atoms with van der Waals surface area (Å²) in [6.07, 6.45) is 3.98. The van der Waals surface area contributed by atoms with Crippen LogP contribution < -0.4 is 10.2 Å². The molecule has 0 aromatic heterocycles. The first-order valence-electron chi connectivity index (χ1n) is 12.1. The Hall–Kier alpha value is -3.74. The Bertz CT molecular complexity index is 1300. The van der Waals surface area contributed by atoms with E-state index in [0.29, 0.717) is 16.8 Å². The van der Waals surface area contributed by atoms with E-state index in [1.807, 2.05) is 30.3 Å². The van der Waals surface area contributed by atoms with E-state index in [9.17, 15) is 18.8 Å². The van der Waals surface area contributed by atoms with Gasteiger partial charge < -0.3 is 10.2 Å². The molecular formula is C28H28FN3O3. The molecule has 2 aliphatic rings. The molecule has 1 aliphatic carbocycles. The SMILES string of the molecule is C[C@H](C(=O)NC1CCCC1)N(Cc1ccccc1F)C(=O)CN1C(=O)c2cccc3cccc1c23. The Morgan fingerprint density at radius 3 is 2.51 bits per heavy atom. The molecule has 1 heterocycles. The number of nitrogens with zero attached hydrogens (tertiary/aromatic N) is 2. The van der Waals surface area contributed by atoms with Gasteiger partial charge in [0.1, 0.15) is 18.4 Å². The largest absolute Gasteiger partial charge is 0.352 e. The average Bonchev–Trinajstić information content (AvgIpc) is 3.47. The molecule has 1 N–H and O–H groups in total. The van der Waals surface area contributed by atoms with Crippen LogP contribution in [0.2, 0.25) is 0 Å². The lowest BCUT2D eigenvalue weighted by molar-refractivity contribution is -0.139. The quantitative estimate of drug-likeness (QED) is 0.553. The number of rotatable bonds is 7. The maximum Gasteiger partial charge on any atom is 0.259 e. The summed E-state index contributed by atoms with van der Waals surface area (Å²) in [6, 6.07) is 16.6. The van der Waals surface area contributed by atoms with Gasteiger partial charge in [-0.25, -0.2) is 4.39 Å². The highest BCUT2D eigenvalue weighted by molar-refractivity contribution is 6.26. The highest BCUT2D eigenvalue weighted by Gasteiger charge is 2.35. The van der Waals surface area contributed by atoms with Crippen LogP contribution in [0.4, 0.5) is 10.1 Å². The maximum atomic E-state index is 14.5. The van der Waals surface area contributed by atoms with Crippen LogP contribution in [-0.4, -0.2) is 41.2 Å². The van der Waals surface area contributed by atoms with Crippen molar-refractivity contribution in [2.75, 3.05) is 11.4 Å². The van der Waals surface area contributed by atoms with Gasteiger partial charge in [-0.3, -0.25) is 19.3 Å². The monoisotopic (exact) mass is 473 g/mol. The van der Waals surface area contributed by atoms with Crippen LogP contribution in [0.3, 0.4) is 0 Å². The van der Waals surface area contributed by atoms with E-state index in [1.165, 1.54) is 15.9 Å². The zero-order valence-corrected chi connectivity index (χ0v) is 19.7. The fraction of sp³-hybridized carbons (Fsp3) is 0.321. The van der Waals surface area contributed by atoms with Crippen LogP contribution in [0.15, 0.2) is 60.7 Å². The van der Waals surface area contributed by atoms with Crippen LogP contribution in [0.1, 0.15) is 48.5 Å². The van der Waals surface area contributed by atoms with Crippen molar-refractivity contribution in [1.82, 2.24) is 10.2 Å². The number of nitrogens with one attached hydrogen (secondary N) is 1. The zero-order valence-electron chi connectivity index (χ0n) is 19.7. The van der Waals surface area contributed by atoms with Crippen molar-refractivity contribution in [2.45, 2.75) is 51.2 Å². The maximum absolute atomic E-state index is 14.5. The Morgan fingerprint density at radius 1 is 1.06 bits per heavy atom. The second-order valence-corrected chi connectivity index (χ2v) is 9.35. The Balaban J connectivity index is 1.41. The van der Waals surface area contributed by atoms with Gasteiger partial charge in [0.05, 0.1) is 5.69 Å². The molecule has 180 valence electrons. The van der Waals surface area contributed by atoms with Gasteiger partial charge in [0, 0.05) is 29.1 Å². The molecule has 3 amide bonds.